The minimum absolute atomic E-state index is 0.246. The van der Waals surface area contributed by atoms with Crippen molar-refractivity contribution in [2.75, 3.05) is 0 Å². The minimum atomic E-state index is -0.246. The number of aromatic nitrogens is 1. The number of benzene rings is 3. The zero-order valence-electron chi connectivity index (χ0n) is 14.5. The Labute approximate surface area is 157 Å². The Hall–Kier alpha value is -3.79. The molecule has 1 aromatic heterocycles. The lowest BCUT2D eigenvalue weighted by molar-refractivity contribution is 0.0956. The second-order valence-electron chi connectivity index (χ2n) is 6.04. The predicted molar refractivity (Wildman–Crippen MR) is 108 cm³/mol. The highest BCUT2D eigenvalue weighted by molar-refractivity contribution is 6.14. The van der Waals surface area contributed by atoms with Crippen LogP contribution in [0.25, 0.3) is 10.8 Å². The Bertz CT molecular complexity index is 1060. The van der Waals surface area contributed by atoms with Gasteiger partial charge in [-0.05, 0) is 29.0 Å². The van der Waals surface area contributed by atoms with E-state index in [0.717, 1.165) is 21.9 Å². The van der Waals surface area contributed by atoms with Crippen molar-refractivity contribution < 1.29 is 4.79 Å². The van der Waals surface area contributed by atoms with Crippen molar-refractivity contribution in [3.05, 3.63) is 114 Å². The van der Waals surface area contributed by atoms with Crippen molar-refractivity contribution in [2.24, 2.45) is 5.10 Å². The summed E-state index contributed by atoms with van der Waals surface area (Å²) in [7, 11) is 0. The van der Waals surface area contributed by atoms with Crippen molar-refractivity contribution in [3.8, 4) is 0 Å². The van der Waals surface area contributed by atoms with Crippen LogP contribution in [0.4, 0.5) is 0 Å². The maximum absolute atomic E-state index is 12.8. The van der Waals surface area contributed by atoms with Gasteiger partial charge in [0.25, 0.3) is 5.91 Å². The van der Waals surface area contributed by atoms with Gasteiger partial charge in [0.05, 0.1) is 5.71 Å². The molecule has 0 unspecified atom stereocenters. The molecule has 4 heteroatoms. The topological polar surface area (TPSA) is 54.4 Å². The van der Waals surface area contributed by atoms with Gasteiger partial charge in [-0.2, -0.15) is 5.10 Å². The van der Waals surface area contributed by atoms with Gasteiger partial charge in [0.15, 0.2) is 0 Å². The van der Waals surface area contributed by atoms with Gasteiger partial charge < -0.3 is 0 Å². The summed E-state index contributed by atoms with van der Waals surface area (Å²) in [6.45, 7) is 0. The van der Waals surface area contributed by atoms with E-state index in [-0.39, 0.29) is 5.91 Å². The van der Waals surface area contributed by atoms with E-state index in [9.17, 15) is 4.79 Å². The van der Waals surface area contributed by atoms with Crippen LogP contribution >= 0.6 is 0 Å². The summed E-state index contributed by atoms with van der Waals surface area (Å²) in [5.41, 5.74) is 5.71. The molecule has 0 atom stereocenters. The second-order valence-corrected chi connectivity index (χ2v) is 6.04. The molecule has 3 aromatic carbocycles. The summed E-state index contributed by atoms with van der Waals surface area (Å²) < 4.78 is 0. The van der Waals surface area contributed by atoms with Crippen LogP contribution in [0.5, 0.6) is 0 Å². The molecule has 4 nitrogen and oxygen atoms in total. The standard InChI is InChI=1S/C23H17N3O/c27-23(21-14-6-11-17-8-4-5-13-20(17)21)26-25-22(18-9-2-1-3-10-18)19-12-7-15-24-16-19/h1-16H,(H,26,27). The number of amides is 1. The lowest BCUT2D eigenvalue weighted by Gasteiger charge is -2.09. The Balaban J connectivity index is 1.70. The summed E-state index contributed by atoms with van der Waals surface area (Å²) in [5, 5.41) is 6.34. The van der Waals surface area contributed by atoms with Gasteiger partial charge in [-0.25, -0.2) is 5.43 Å². The van der Waals surface area contributed by atoms with Crippen LogP contribution in [0.15, 0.2) is 102 Å². The average Bonchev–Trinajstić information content (AvgIpc) is 2.75. The summed E-state index contributed by atoms with van der Waals surface area (Å²) in [6.07, 6.45) is 3.44. The number of carbonyl (C=O) groups excluding carboxylic acids is 1. The zero-order chi connectivity index (χ0) is 18.5. The molecule has 27 heavy (non-hydrogen) atoms. The van der Waals surface area contributed by atoms with Crippen LogP contribution in [0.2, 0.25) is 0 Å². The molecule has 0 radical (unpaired) electrons. The first-order valence-electron chi connectivity index (χ1n) is 8.64. The fourth-order valence-corrected chi connectivity index (χ4v) is 2.98. The molecule has 1 N–H and O–H groups in total. The number of fused-ring (bicyclic) bond motifs is 1. The van der Waals surface area contributed by atoms with Crippen molar-refractivity contribution in [2.45, 2.75) is 0 Å². The molecular formula is C23H17N3O. The van der Waals surface area contributed by atoms with E-state index in [1.165, 1.54) is 0 Å². The van der Waals surface area contributed by atoms with Crippen LogP contribution in [-0.2, 0) is 0 Å². The molecule has 130 valence electrons. The normalized spacial score (nSPS) is 11.3. The number of pyridine rings is 1. The van der Waals surface area contributed by atoms with Crippen molar-refractivity contribution in [1.29, 1.82) is 0 Å². The fraction of sp³-hybridized carbons (Fsp3) is 0. The highest BCUT2D eigenvalue weighted by atomic mass is 16.2. The molecular weight excluding hydrogens is 334 g/mol. The number of hydrazone groups is 1. The number of carbonyl (C=O) groups is 1. The first kappa shape index (κ1) is 16.7. The first-order valence-corrected chi connectivity index (χ1v) is 8.64. The largest absolute Gasteiger partial charge is 0.272 e. The minimum Gasteiger partial charge on any atom is -0.267 e. The molecule has 0 bridgehead atoms. The van der Waals surface area contributed by atoms with E-state index < -0.39 is 0 Å². The van der Waals surface area contributed by atoms with Crippen LogP contribution in [-0.4, -0.2) is 16.6 Å². The Morgan fingerprint density at radius 3 is 2.33 bits per heavy atom. The summed E-state index contributed by atoms with van der Waals surface area (Å²) in [6, 6.07) is 27.0. The van der Waals surface area contributed by atoms with Gasteiger partial charge in [-0.1, -0.05) is 66.7 Å². The smallest absolute Gasteiger partial charge is 0.267 e. The summed E-state index contributed by atoms with van der Waals surface area (Å²) in [5.74, 6) is -0.246. The fourth-order valence-electron chi connectivity index (χ4n) is 2.98. The molecule has 1 heterocycles. The first-order chi connectivity index (χ1) is 13.3. The molecule has 0 aliphatic carbocycles. The summed E-state index contributed by atoms with van der Waals surface area (Å²) in [4.78, 5) is 17.0. The van der Waals surface area contributed by atoms with E-state index in [1.54, 1.807) is 18.5 Å². The Morgan fingerprint density at radius 1 is 0.778 bits per heavy atom. The van der Waals surface area contributed by atoms with E-state index >= 15 is 0 Å². The SMILES string of the molecule is O=C(NN=C(c1ccccc1)c1cccnc1)c1cccc2ccccc12. The van der Waals surface area contributed by atoms with Gasteiger partial charge >= 0.3 is 0 Å². The van der Waals surface area contributed by atoms with E-state index in [1.807, 2.05) is 78.9 Å². The van der Waals surface area contributed by atoms with Crippen molar-refractivity contribution in [3.63, 3.8) is 0 Å². The molecule has 0 aliphatic rings. The number of hydrogen-bond donors (Lipinski definition) is 1. The predicted octanol–water partition coefficient (Wildman–Crippen LogP) is 4.42. The van der Waals surface area contributed by atoms with Gasteiger partial charge in [0, 0.05) is 29.1 Å². The third-order valence-electron chi connectivity index (χ3n) is 4.29. The molecule has 4 aromatic rings. The van der Waals surface area contributed by atoms with E-state index in [4.69, 9.17) is 0 Å². The van der Waals surface area contributed by atoms with Crippen molar-refractivity contribution in [1.82, 2.24) is 10.4 Å². The molecule has 0 aliphatic heterocycles. The highest BCUT2D eigenvalue weighted by Gasteiger charge is 2.11. The third-order valence-corrected chi connectivity index (χ3v) is 4.29. The van der Waals surface area contributed by atoms with E-state index in [0.29, 0.717) is 11.3 Å². The monoisotopic (exact) mass is 351 g/mol. The van der Waals surface area contributed by atoms with Crippen LogP contribution in [0.3, 0.4) is 0 Å². The maximum Gasteiger partial charge on any atom is 0.272 e. The molecule has 4 rings (SSSR count). The van der Waals surface area contributed by atoms with Gasteiger partial charge in [0.2, 0.25) is 0 Å². The van der Waals surface area contributed by atoms with Crippen molar-refractivity contribution >= 4 is 22.4 Å². The number of hydrogen-bond acceptors (Lipinski definition) is 3. The molecule has 0 fully saturated rings. The Kier molecular flexibility index (Phi) is 4.70. The maximum atomic E-state index is 12.8. The van der Waals surface area contributed by atoms with Crippen LogP contribution in [0, 0.1) is 0 Å². The average molecular weight is 351 g/mol. The number of nitrogens with zero attached hydrogens (tertiary/aromatic N) is 2. The second kappa shape index (κ2) is 7.62. The van der Waals surface area contributed by atoms with E-state index in [2.05, 4.69) is 15.5 Å². The molecule has 0 saturated carbocycles. The summed E-state index contributed by atoms with van der Waals surface area (Å²) >= 11 is 0. The van der Waals surface area contributed by atoms with Crippen LogP contribution < -0.4 is 5.43 Å². The number of nitrogens with one attached hydrogen (secondary N) is 1. The third kappa shape index (κ3) is 3.60. The number of rotatable bonds is 4. The quantitative estimate of drug-likeness (QED) is 0.437. The lowest BCUT2D eigenvalue weighted by Crippen LogP contribution is -2.21. The van der Waals surface area contributed by atoms with Gasteiger partial charge in [-0.15, -0.1) is 0 Å². The highest BCUT2D eigenvalue weighted by Crippen LogP contribution is 2.18. The zero-order valence-corrected chi connectivity index (χ0v) is 14.5. The molecule has 1 amide bonds. The van der Waals surface area contributed by atoms with Gasteiger partial charge in [-0.3, -0.25) is 9.78 Å². The van der Waals surface area contributed by atoms with Gasteiger partial charge in [0.1, 0.15) is 0 Å². The van der Waals surface area contributed by atoms with Crippen LogP contribution in [0.1, 0.15) is 21.5 Å². The molecule has 0 saturated heterocycles. The Morgan fingerprint density at radius 2 is 1.52 bits per heavy atom. The molecule has 0 spiro atoms. The lowest BCUT2D eigenvalue weighted by atomic mass is 10.0.